The number of methoxy groups -OCH3 is 2. The normalized spacial score (nSPS) is 23.8. The van der Waals surface area contributed by atoms with Crippen molar-refractivity contribution in [2.45, 2.75) is 218 Å². The summed E-state index contributed by atoms with van der Waals surface area (Å²) in [6, 6.07) is 0. The minimum Gasteiger partial charge on any atom is -0.364 e. The van der Waals surface area contributed by atoms with Gasteiger partial charge in [-0.25, -0.2) is 0 Å². The first-order valence-corrected chi connectivity index (χ1v) is 23.0. The maximum atomic E-state index is 6.74. The van der Waals surface area contributed by atoms with E-state index in [0.29, 0.717) is 55.4 Å². The molecule has 0 spiro atoms. The van der Waals surface area contributed by atoms with Gasteiger partial charge in [0.1, 0.15) is 13.5 Å². The van der Waals surface area contributed by atoms with E-state index < -0.39 is 0 Å². The molecule has 2 aliphatic heterocycles. The van der Waals surface area contributed by atoms with E-state index in [-0.39, 0.29) is 22.2 Å². The fourth-order valence-corrected chi connectivity index (χ4v) is 11.2. The second-order valence-corrected chi connectivity index (χ2v) is 20.6. The highest BCUT2D eigenvalue weighted by atomic mass is 16.7. The molecule has 0 amide bonds. The lowest BCUT2D eigenvalue weighted by atomic mass is 9.73. The Kier molecular flexibility index (Phi) is 17.1. The third kappa shape index (κ3) is 13.6. The third-order valence-electron chi connectivity index (χ3n) is 13.1. The zero-order chi connectivity index (χ0) is 41.1. The van der Waals surface area contributed by atoms with Gasteiger partial charge in [-0.1, -0.05) is 64.2 Å². The maximum Gasteiger partial charge on any atom is 0.235 e. The van der Waals surface area contributed by atoms with Gasteiger partial charge in [0, 0.05) is 49.5 Å². The van der Waals surface area contributed by atoms with Crippen LogP contribution in [0.3, 0.4) is 0 Å². The number of unbranched alkanes of at least 4 members (excludes halogenated alkanes) is 2. The Morgan fingerprint density at radius 2 is 0.912 bits per heavy atom. The average Bonchev–Trinajstić information content (AvgIpc) is 3.14. The van der Waals surface area contributed by atoms with Crippen LogP contribution in [0.4, 0.5) is 17.8 Å². The predicted molar refractivity (Wildman–Crippen MR) is 232 cm³/mol. The van der Waals surface area contributed by atoms with Gasteiger partial charge < -0.3 is 20.1 Å². The van der Waals surface area contributed by atoms with Crippen molar-refractivity contribution < 1.29 is 19.1 Å². The van der Waals surface area contributed by atoms with Gasteiger partial charge in [-0.05, 0) is 131 Å². The summed E-state index contributed by atoms with van der Waals surface area (Å²) in [6.07, 6.45) is 25.0. The number of rotatable bonds is 21. The molecule has 12 nitrogen and oxygen atoms in total. The molecular formula is C45H84N8O4. The van der Waals surface area contributed by atoms with Crippen LogP contribution in [0.25, 0.3) is 0 Å². The van der Waals surface area contributed by atoms with Crippen molar-refractivity contribution in [1.29, 1.82) is 0 Å². The molecule has 2 aliphatic carbocycles. The summed E-state index contributed by atoms with van der Waals surface area (Å²) in [7, 11) is 3.35. The first kappa shape index (κ1) is 46.2. The average molecular weight is 801 g/mol. The molecule has 0 aromatic carbocycles. The second-order valence-electron chi connectivity index (χ2n) is 20.6. The highest BCUT2D eigenvalue weighted by molar-refractivity contribution is 5.43. The lowest BCUT2D eigenvalue weighted by molar-refractivity contribution is -0.314. The topological polar surface area (TPSA) is 109 Å². The summed E-state index contributed by atoms with van der Waals surface area (Å²) in [5, 5.41) is 11.8. The van der Waals surface area contributed by atoms with E-state index >= 15 is 0 Å². The number of hydrogen-bond acceptors (Lipinski definition) is 12. The van der Waals surface area contributed by atoms with Crippen LogP contribution in [0, 0.1) is 11.8 Å². The molecule has 0 bridgehead atoms. The quantitative estimate of drug-likeness (QED) is 0.0913. The van der Waals surface area contributed by atoms with Gasteiger partial charge in [-0.15, -0.1) is 0 Å². The number of nitrogens with one attached hydrogen (secondary N) is 2. The number of hydroxylamine groups is 4. The van der Waals surface area contributed by atoms with Crippen LogP contribution in [0.15, 0.2) is 0 Å². The molecule has 4 fully saturated rings. The van der Waals surface area contributed by atoms with Gasteiger partial charge in [0.2, 0.25) is 17.8 Å². The van der Waals surface area contributed by atoms with Crippen LogP contribution >= 0.6 is 0 Å². The lowest BCUT2D eigenvalue weighted by Gasteiger charge is -2.55. The highest BCUT2D eigenvalue weighted by Gasteiger charge is 2.48. The molecule has 0 radical (unpaired) electrons. The van der Waals surface area contributed by atoms with Crippen molar-refractivity contribution >= 4 is 17.8 Å². The largest absolute Gasteiger partial charge is 0.364 e. The van der Waals surface area contributed by atoms with Crippen molar-refractivity contribution in [2.75, 3.05) is 56.3 Å². The van der Waals surface area contributed by atoms with E-state index in [1.165, 1.54) is 103 Å². The summed E-state index contributed by atoms with van der Waals surface area (Å²) in [5.41, 5.74) is 0.103. The zero-order valence-electron chi connectivity index (χ0n) is 38.1. The smallest absolute Gasteiger partial charge is 0.235 e. The maximum absolute atomic E-state index is 6.74. The van der Waals surface area contributed by atoms with Crippen LogP contribution in [0.5, 0.6) is 0 Å². The molecule has 0 unspecified atom stereocenters. The van der Waals surface area contributed by atoms with E-state index in [9.17, 15) is 0 Å². The number of piperidine rings is 2. The predicted octanol–water partition coefficient (Wildman–Crippen LogP) is 10.1. The Hall–Kier alpha value is -1.83. The molecule has 3 heterocycles. The van der Waals surface area contributed by atoms with Crippen molar-refractivity contribution in [1.82, 2.24) is 25.1 Å². The van der Waals surface area contributed by atoms with Crippen LogP contribution < -0.4 is 15.5 Å². The van der Waals surface area contributed by atoms with Gasteiger partial charge in [-0.3, -0.25) is 14.6 Å². The zero-order valence-corrected chi connectivity index (χ0v) is 38.1. The number of hydrogen-bond donors (Lipinski definition) is 2. The monoisotopic (exact) mass is 801 g/mol. The van der Waals surface area contributed by atoms with E-state index in [1.54, 1.807) is 14.2 Å². The van der Waals surface area contributed by atoms with Crippen LogP contribution in [0.1, 0.15) is 184 Å². The second kappa shape index (κ2) is 21.1. The summed E-state index contributed by atoms with van der Waals surface area (Å²) < 4.78 is 10.9. The molecule has 57 heavy (non-hydrogen) atoms. The Morgan fingerprint density at radius 1 is 0.544 bits per heavy atom. The molecule has 328 valence electrons. The SMILES string of the molecule is COCN(COC)c1nc(NCCCCC2CC(C)(C)N(OC3CCCCC3)C(C)(C)C2)nc(NCCCCC2CC(C)(C)N(OC3CCCCC3)C(C)(C)C2)n1. The Labute approximate surface area is 347 Å². The first-order chi connectivity index (χ1) is 27.1. The van der Waals surface area contributed by atoms with E-state index in [1.807, 2.05) is 4.90 Å². The molecule has 4 aliphatic rings. The number of nitrogens with zero attached hydrogens (tertiary/aromatic N) is 6. The standard InChI is InChI=1S/C45H84N8O4/c1-42(2)29-35(30-43(3,4)52(42)56-37-23-13-11-14-24-37)21-17-19-27-46-39-48-40(50-41(49-39)51(33-54-9)34-55-10)47-28-20-18-22-36-31-44(5,6)53(45(7,8)32-36)57-38-25-15-12-16-26-38/h35-38H,11-34H2,1-10H3,(H2,46,47,48,49,50). The first-order valence-electron chi connectivity index (χ1n) is 23.0. The minimum atomic E-state index is 0.0258. The summed E-state index contributed by atoms with van der Waals surface area (Å²) >= 11 is 0. The molecule has 1 aromatic rings. The van der Waals surface area contributed by atoms with Crippen LogP contribution in [0.2, 0.25) is 0 Å². The van der Waals surface area contributed by atoms with E-state index in [2.05, 4.69) is 76.1 Å². The van der Waals surface area contributed by atoms with Crippen LogP contribution in [-0.4, -0.2) is 100 Å². The molecule has 0 atom stereocenters. The molecule has 2 N–H and O–H groups in total. The Morgan fingerprint density at radius 3 is 1.26 bits per heavy atom. The van der Waals surface area contributed by atoms with E-state index in [4.69, 9.17) is 34.1 Å². The fourth-order valence-electron chi connectivity index (χ4n) is 11.2. The van der Waals surface area contributed by atoms with E-state index in [0.717, 1.165) is 38.8 Å². The van der Waals surface area contributed by atoms with Crippen LogP contribution in [-0.2, 0) is 19.1 Å². The Balaban J connectivity index is 1.08. The summed E-state index contributed by atoms with van der Waals surface area (Å²) in [6.45, 7) is 21.3. The molecule has 2 saturated heterocycles. The summed E-state index contributed by atoms with van der Waals surface area (Å²) in [4.78, 5) is 29.7. The molecule has 2 saturated carbocycles. The molecule has 12 heteroatoms. The number of aromatic nitrogens is 3. The summed E-state index contributed by atoms with van der Waals surface area (Å²) in [5.74, 6) is 3.08. The van der Waals surface area contributed by atoms with Gasteiger partial charge in [0.05, 0.1) is 12.2 Å². The van der Waals surface area contributed by atoms with Crippen molar-refractivity contribution in [2.24, 2.45) is 11.8 Å². The number of ether oxygens (including phenoxy) is 2. The number of anilines is 3. The van der Waals surface area contributed by atoms with Crippen molar-refractivity contribution in [3.05, 3.63) is 0 Å². The van der Waals surface area contributed by atoms with Crippen molar-refractivity contribution in [3.8, 4) is 0 Å². The van der Waals surface area contributed by atoms with Gasteiger partial charge in [0.25, 0.3) is 0 Å². The van der Waals surface area contributed by atoms with Gasteiger partial charge >= 0.3 is 0 Å². The van der Waals surface area contributed by atoms with Crippen molar-refractivity contribution in [3.63, 3.8) is 0 Å². The lowest BCUT2D eigenvalue weighted by Crippen LogP contribution is -2.61. The Bertz CT molecular complexity index is 1200. The molecular weight excluding hydrogens is 717 g/mol. The minimum absolute atomic E-state index is 0.0258. The van der Waals surface area contributed by atoms with Gasteiger partial charge in [0.15, 0.2) is 0 Å². The van der Waals surface area contributed by atoms with Gasteiger partial charge in [-0.2, -0.15) is 25.1 Å². The molecule has 1 aromatic heterocycles. The fraction of sp³-hybridized carbons (Fsp3) is 0.933. The molecule has 5 rings (SSSR count). The third-order valence-corrected chi connectivity index (χ3v) is 13.1. The highest BCUT2D eigenvalue weighted by Crippen LogP contribution is 2.46.